The summed E-state index contributed by atoms with van der Waals surface area (Å²) in [7, 11) is 0. The van der Waals surface area contributed by atoms with Gasteiger partial charge in [-0.1, -0.05) is 33.8 Å². The zero-order chi connectivity index (χ0) is 12.1. The molecule has 0 saturated heterocycles. The Morgan fingerprint density at radius 3 is 1.62 bits per heavy atom. The molecule has 0 aromatic heterocycles. The Bertz CT molecular complexity index is 323. The topological polar surface area (TPSA) is 0 Å². The molecule has 1 aromatic carbocycles. The van der Waals surface area contributed by atoms with Gasteiger partial charge in [-0.3, -0.25) is 0 Å². The van der Waals surface area contributed by atoms with E-state index in [1.54, 1.807) is 0 Å². The lowest BCUT2D eigenvalue weighted by atomic mass is 9.88. The fraction of sp³-hybridized carbons (Fsp3) is 0.600. The molecule has 0 saturated carbocycles. The lowest BCUT2D eigenvalue weighted by Gasteiger charge is -2.19. The number of alkyl halides is 1. The van der Waals surface area contributed by atoms with Crippen LogP contribution in [0.15, 0.2) is 6.07 Å². The first-order valence-corrected chi connectivity index (χ1v) is 6.98. The predicted molar refractivity (Wildman–Crippen MR) is 73.5 cm³/mol. The molecule has 16 heavy (non-hydrogen) atoms. The highest BCUT2D eigenvalue weighted by Gasteiger charge is 2.13. The quantitative estimate of drug-likeness (QED) is 0.654. The largest absolute Gasteiger partial charge is 0.122 e. The summed E-state index contributed by atoms with van der Waals surface area (Å²) in [6, 6.07) is 2.37. The van der Waals surface area contributed by atoms with Crippen molar-refractivity contribution in [3.63, 3.8) is 0 Å². The van der Waals surface area contributed by atoms with Gasteiger partial charge in [0.1, 0.15) is 0 Å². The third-order valence-electron chi connectivity index (χ3n) is 3.45. The van der Waals surface area contributed by atoms with E-state index in [4.69, 9.17) is 11.6 Å². The first kappa shape index (κ1) is 13.6. The van der Waals surface area contributed by atoms with Gasteiger partial charge in [0.2, 0.25) is 0 Å². The van der Waals surface area contributed by atoms with Gasteiger partial charge in [-0.05, 0) is 53.5 Å². The maximum atomic E-state index is 6.12. The zero-order valence-corrected chi connectivity index (χ0v) is 11.7. The van der Waals surface area contributed by atoms with Crippen LogP contribution in [0.25, 0.3) is 0 Å². The van der Waals surface area contributed by atoms with Gasteiger partial charge in [-0.2, -0.15) is 0 Å². The molecule has 1 aromatic rings. The number of halogens is 1. The Morgan fingerprint density at radius 2 is 1.25 bits per heavy atom. The van der Waals surface area contributed by atoms with Crippen LogP contribution in [0.3, 0.4) is 0 Å². The molecule has 1 rings (SSSR count). The molecule has 0 amide bonds. The van der Waals surface area contributed by atoms with Gasteiger partial charge in [0, 0.05) is 5.88 Å². The van der Waals surface area contributed by atoms with Gasteiger partial charge >= 0.3 is 0 Å². The van der Waals surface area contributed by atoms with Crippen molar-refractivity contribution in [2.24, 2.45) is 0 Å². The molecule has 0 aliphatic rings. The number of benzene rings is 1. The summed E-state index contributed by atoms with van der Waals surface area (Å²) in [4.78, 5) is 0. The minimum absolute atomic E-state index is 0.656. The molecule has 0 aliphatic carbocycles. The van der Waals surface area contributed by atoms with Crippen molar-refractivity contribution in [2.45, 2.75) is 59.3 Å². The fourth-order valence-corrected chi connectivity index (χ4v) is 2.95. The van der Waals surface area contributed by atoms with Gasteiger partial charge < -0.3 is 0 Å². The van der Waals surface area contributed by atoms with Crippen LogP contribution in [-0.4, -0.2) is 0 Å². The third kappa shape index (κ3) is 2.43. The molecular weight excluding hydrogens is 216 g/mol. The second-order valence-electron chi connectivity index (χ2n) is 4.18. The number of rotatable bonds is 5. The van der Waals surface area contributed by atoms with Gasteiger partial charge in [0.25, 0.3) is 0 Å². The smallest absolute Gasteiger partial charge is 0.0479 e. The second-order valence-corrected chi connectivity index (χ2v) is 4.45. The van der Waals surface area contributed by atoms with Crippen molar-refractivity contribution in [3.05, 3.63) is 33.9 Å². The van der Waals surface area contributed by atoms with Crippen LogP contribution in [-0.2, 0) is 31.6 Å². The molecule has 0 unspecified atom stereocenters. The summed E-state index contributed by atoms with van der Waals surface area (Å²) in [6.07, 6.45) is 4.45. The van der Waals surface area contributed by atoms with E-state index in [0.29, 0.717) is 5.88 Å². The van der Waals surface area contributed by atoms with Crippen molar-refractivity contribution in [3.8, 4) is 0 Å². The van der Waals surface area contributed by atoms with Gasteiger partial charge in [-0.15, -0.1) is 11.6 Å². The molecule has 90 valence electrons. The molecule has 0 nitrogen and oxygen atoms in total. The van der Waals surface area contributed by atoms with Crippen molar-refractivity contribution < 1.29 is 0 Å². The molecule has 0 heterocycles. The number of aryl methyl sites for hydroxylation is 2. The highest BCUT2D eigenvalue weighted by molar-refractivity contribution is 6.17. The van der Waals surface area contributed by atoms with E-state index in [1.807, 2.05) is 0 Å². The molecule has 0 bridgehead atoms. The Kier molecular flexibility index (Phi) is 5.34. The first-order chi connectivity index (χ1) is 7.73. The highest BCUT2D eigenvalue weighted by Crippen LogP contribution is 2.27. The maximum absolute atomic E-state index is 6.12. The number of hydrogen-bond acceptors (Lipinski definition) is 0. The van der Waals surface area contributed by atoms with E-state index in [1.165, 1.54) is 27.8 Å². The SMILES string of the molecule is CCc1cc(CC)c(CCl)c(CC)c1CC. The Hall–Kier alpha value is -0.490. The van der Waals surface area contributed by atoms with Crippen molar-refractivity contribution in [1.82, 2.24) is 0 Å². The van der Waals surface area contributed by atoms with Crippen molar-refractivity contribution in [1.29, 1.82) is 0 Å². The third-order valence-corrected chi connectivity index (χ3v) is 3.72. The van der Waals surface area contributed by atoms with Gasteiger partial charge in [0.05, 0.1) is 0 Å². The molecule has 1 heteroatoms. The van der Waals surface area contributed by atoms with Crippen LogP contribution >= 0.6 is 11.6 Å². The van der Waals surface area contributed by atoms with Crippen LogP contribution in [0.2, 0.25) is 0 Å². The zero-order valence-electron chi connectivity index (χ0n) is 11.0. The predicted octanol–water partition coefficient (Wildman–Crippen LogP) is 4.68. The molecular formula is C15H23Cl. The molecule has 0 radical (unpaired) electrons. The molecule has 0 spiro atoms. The summed E-state index contributed by atoms with van der Waals surface area (Å²) in [5.74, 6) is 0.656. The lowest BCUT2D eigenvalue weighted by molar-refractivity contribution is 0.938. The first-order valence-electron chi connectivity index (χ1n) is 6.44. The normalized spacial score (nSPS) is 10.8. The van der Waals surface area contributed by atoms with Crippen LogP contribution in [0.1, 0.15) is 55.5 Å². The average Bonchev–Trinajstić information content (AvgIpc) is 2.35. The maximum Gasteiger partial charge on any atom is 0.0479 e. The minimum Gasteiger partial charge on any atom is -0.122 e. The standard InChI is InChI=1S/C15H23Cl/c1-5-11-9-12(6-2)15(10-16)14(8-4)13(11)7-3/h9H,5-8,10H2,1-4H3. The summed E-state index contributed by atoms with van der Waals surface area (Å²) >= 11 is 6.12. The summed E-state index contributed by atoms with van der Waals surface area (Å²) in [5.41, 5.74) is 7.40. The van der Waals surface area contributed by atoms with Crippen LogP contribution in [0.4, 0.5) is 0 Å². The molecule has 0 aliphatic heterocycles. The number of hydrogen-bond donors (Lipinski definition) is 0. The summed E-state index contributed by atoms with van der Waals surface area (Å²) < 4.78 is 0. The van der Waals surface area contributed by atoms with E-state index in [0.717, 1.165) is 25.7 Å². The summed E-state index contributed by atoms with van der Waals surface area (Å²) in [6.45, 7) is 8.95. The Labute approximate surface area is 105 Å². The lowest BCUT2D eigenvalue weighted by Crippen LogP contribution is -2.06. The van der Waals surface area contributed by atoms with E-state index in [-0.39, 0.29) is 0 Å². The molecule has 0 atom stereocenters. The van der Waals surface area contributed by atoms with E-state index < -0.39 is 0 Å². The minimum atomic E-state index is 0.656. The monoisotopic (exact) mass is 238 g/mol. The Morgan fingerprint density at radius 1 is 0.750 bits per heavy atom. The van der Waals surface area contributed by atoms with Crippen LogP contribution < -0.4 is 0 Å². The van der Waals surface area contributed by atoms with E-state index in [9.17, 15) is 0 Å². The molecule has 0 fully saturated rings. The highest BCUT2D eigenvalue weighted by atomic mass is 35.5. The second kappa shape index (κ2) is 6.30. The fourth-order valence-electron chi connectivity index (χ4n) is 2.62. The average molecular weight is 239 g/mol. The van der Waals surface area contributed by atoms with Gasteiger partial charge in [-0.25, -0.2) is 0 Å². The van der Waals surface area contributed by atoms with Crippen molar-refractivity contribution >= 4 is 11.6 Å². The molecule has 0 N–H and O–H groups in total. The summed E-state index contributed by atoms with van der Waals surface area (Å²) in [5, 5.41) is 0. The van der Waals surface area contributed by atoms with E-state index >= 15 is 0 Å². The van der Waals surface area contributed by atoms with E-state index in [2.05, 4.69) is 33.8 Å². The van der Waals surface area contributed by atoms with Gasteiger partial charge in [0.15, 0.2) is 0 Å². The van der Waals surface area contributed by atoms with Crippen LogP contribution in [0, 0.1) is 0 Å². The van der Waals surface area contributed by atoms with Crippen molar-refractivity contribution in [2.75, 3.05) is 0 Å². The van der Waals surface area contributed by atoms with Crippen LogP contribution in [0.5, 0.6) is 0 Å². The Balaban J connectivity index is 3.47.